The molecular weight excluding hydrogens is 157 g/mol. The van der Waals surface area contributed by atoms with E-state index < -0.39 is 6.17 Å². The first-order valence-electron chi connectivity index (χ1n) is 4.59. The molecule has 2 saturated carbocycles. The highest BCUT2D eigenvalue weighted by Crippen LogP contribution is 2.64. The van der Waals surface area contributed by atoms with E-state index in [1.807, 2.05) is 0 Å². The average Bonchev–Trinajstić information content (AvgIpc) is 1.94. The Morgan fingerprint density at radius 2 is 2.00 bits per heavy atom. The lowest BCUT2D eigenvalue weighted by atomic mass is 9.45. The molecule has 2 rings (SSSR count). The molecule has 2 aliphatic carbocycles. The highest BCUT2D eigenvalue weighted by molar-refractivity contribution is 5.10. The summed E-state index contributed by atoms with van der Waals surface area (Å²) in [6.07, 6.45) is 2.70. The summed E-state index contributed by atoms with van der Waals surface area (Å²) in [7, 11) is 0. The summed E-state index contributed by atoms with van der Waals surface area (Å²) in [6, 6.07) is 0. The van der Waals surface area contributed by atoms with Crippen LogP contribution < -0.4 is 5.73 Å². The Hall–Kier alpha value is -0.150. The Morgan fingerprint density at radius 3 is 2.33 bits per heavy atom. The molecule has 3 heteroatoms. The van der Waals surface area contributed by atoms with E-state index in [1.165, 1.54) is 0 Å². The largest absolute Gasteiger partial charge is 0.396 e. The van der Waals surface area contributed by atoms with Crippen molar-refractivity contribution in [1.82, 2.24) is 0 Å². The third-order valence-corrected chi connectivity index (χ3v) is 3.58. The Bertz CT molecular complexity index is 175. The van der Waals surface area contributed by atoms with Crippen molar-refractivity contribution < 1.29 is 9.50 Å². The van der Waals surface area contributed by atoms with Gasteiger partial charge in [0, 0.05) is 18.6 Å². The van der Waals surface area contributed by atoms with Crippen LogP contribution in [0, 0.1) is 10.8 Å². The average molecular weight is 173 g/mol. The van der Waals surface area contributed by atoms with Gasteiger partial charge in [-0.05, 0) is 31.1 Å². The van der Waals surface area contributed by atoms with Crippen LogP contribution in [-0.2, 0) is 0 Å². The van der Waals surface area contributed by atoms with E-state index in [-0.39, 0.29) is 17.4 Å². The Morgan fingerprint density at radius 1 is 1.42 bits per heavy atom. The molecule has 0 aromatic heterocycles. The van der Waals surface area contributed by atoms with Crippen molar-refractivity contribution in [1.29, 1.82) is 0 Å². The van der Waals surface area contributed by atoms with Gasteiger partial charge in [-0.25, -0.2) is 4.39 Å². The van der Waals surface area contributed by atoms with E-state index in [2.05, 4.69) is 0 Å². The second-order valence-corrected chi connectivity index (χ2v) is 4.72. The monoisotopic (exact) mass is 173 g/mol. The van der Waals surface area contributed by atoms with Crippen LogP contribution >= 0.6 is 0 Å². The molecule has 0 aromatic carbocycles. The zero-order valence-electron chi connectivity index (χ0n) is 7.22. The van der Waals surface area contributed by atoms with Gasteiger partial charge in [0.25, 0.3) is 0 Å². The maximum atomic E-state index is 12.6. The fourth-order valence-electron chi connectivity index (χ4n) is 3.03. The summed E-state index contributed by atoms with van der Waals surface area (Å²) >= 11 is 0. The SMILES string of the molecule is NCC1(CO)CC2(CC(F)C2)C1. The van der Waals surface area contributed by atoms with Crippen LogP contribution in [0.25, 0.3) is 0 Å². The second kappa shape index (κ2) is 2.42. The van der Waals surface area contributed by atoms with Gasteiger partial charge in [-0.2, -0.15) is 0 Å². The van der Waals surface area contributed by atoms with Gasteiger partial charge < -0.3 is 10.8 Å². The fourth-order valence-corrected chi connectivity index (χ4v) is 3.03. The number of hydrogen-bond donors (Lipinski definition) is 2. The van der Waals surface area contributed by atoms with Crippen LogP contribution in [-0.4, -0.2) is 24.4 Å². The predicted molar refractivity (Wildman–Crippen MR) is 44.4 cm³/mol. The van der Waals surface area contributed by atoms with Crippen molar-refractivity contribution in [3.63, 3.8) is 0 Å². The molecule has 3 N–H and O–H groups in total. The van der Waals surface area contributed by atoms with Crippen LogP contribution in [0.2, 0.25) is 0 Å². The van der Waals surface area contributed by atoms with E-state index in [0.29, 0.717) is 19.4 Å². The van der Waals surface area contributed by atoms with E-state index in [0.717, 1.165) is 12.8 Å². The van der Waals surface area contributed by atoms with Crippen LogP contribution in [0.1, 0.15) is 25.7 Å². The van der Waals surface area contributed by atoms with Gasteiger partial charge in [0.15, 0.2) is 0 Å². The minimum absolute atomic E-state index is 0.0554. The topological polar surface area (TPSA) is 46.2 Å². The molecule has 0 atom stereocenters. The predicted octanol–water partition coefficient (Wildman–Crippen LogP) is 0.836. The van der Waals surface area contributed by atoms with Crippen LogP contribution in [0.15, 0.2) is 0 Å². The standard InChI is InChI=1S/C9H16FNO/c10-7-1-8(2-7)3-9(4-8,5-11)6-12/h7,12H,1-6,11H2. The number of rotatable bonds is 2. The molecule has 0 saturated heterocycles. The number of alkyl halides is 1. The third-order valence-electron chi connectivity index (χ3n) is 3.58. The minimum Gasteiger partial charge on any atom is -0.396 e. The molecule has 0 radical (unpaired) electrons. The zero-order valence-corrected chi connectivity index (χ0v) is 7.22. The molecule has 1 spiro atoms. The van der Waals surface area contributed by atoms with Crippen LogP contribution in [0.4, 0.5) is 4.39 Å². The molecule has 0 aliphatic heterocycles. The quantitative estimate of drug-likeness (QED) is 0.650. The maximum Gasteiger partial charge on any atom is 0.101 e. The van der Waals surface area contributed by atoms with E-state index in [4.69, 9.17) is 10.8 Å². The van der Waals surface area contributed by atoms with Gasteiger partial charge >= 0.3 is 0 Å². The molecule has 70 valence electrons. The van der Waals surface area contributed by atoms with Crippen LogP contribution in [0.3, 0.4) is 0 Å². The lowest BCUT2D eigenvalue weighted by Gasteiger charge is -2.61. The van der Waals surface area contributed by atoms with Crippen LogP contribution in [0.5, 0.6) is 0 Å². The summed E-state index contributed by atoms with van der Waals surface area (Å²) < 4.78 is 12.6. The number of aliphatic hydroxyl groups excluding tert-OH is 1. The van der Waals surface area contributed by atoms with Gasteiger partial charge in [0.2, 0.25) is 0 Å². The molecule has 0 bridgehead atoms. The molecule has 2 nitrogen and oxygen atoms in total. The summed E-state index contributed by atoms with van der Waals surface area (Å²) in [5.41, 5.74) is 5.74. The third kappa shape index (κ3) is 0.995. The van der Waals surface area contributed by atoms with Crippen molar-refractivity contribution in [2.45, 2.75) is 31.9 Å². The van der Waals surface area contributed by atoms with Gasteiger partial charge in [-0.1, -0.05) is 0 Å². The summed E-state index contributed by atoms with van der Waals surface area (Å²) in [5, 5.41) is 9.08. The lowest BCUT2D eigenvalue weighted by molar-refractivity contribution is -0.145. The number of aliphatic hydroxyl groups is 1. The molecule has 0 amide bonds. The van der Waals surface area contributed by atoms with Crippen molar-refractivity contribution >= 4 is 0 Å². The van der Waals surface area contributed by atoms with E-state index in [1.54, 1.807) is 0 Å². The number of hydrogen-bond acceptors (Lipinski definition) is 2. The lowest BCUT2D eigenvalue weighted by Crippen LogP contribution is -2.58. The summed E-state index contributed by atoms with van der Waals surface area (Å²) in [6.45, 7) is 0.713. The molecule has 2 fully saturated rings. The first-order chi connectivity index (χ1) is 5.64. The first-order valence-corrected chi connectivity index (χ1v) is 4.59. The van der Waals surface area contributed by atoms with Crippen molar-refractivity contribution in [2.75, 3.05) is 13.2 Å². The number of halogens is 1. The van der Waals surface area contributed by atoms with Gasteiger partial charge in [-0.15, -0.1) is 0 Å². The number of nitrogens with two attached hydrogens (primary N) is 1. The van der Waals surface area contributed by atoms with Gasteiger partial charge in [0.1, 0.15) is 6.17 Å². The molecule has 0 heterocycles. The maximum absolute atomic E-state index is 12.6. The van der Waals surface area contributed by atoms with Crippen molar-refractivity contribution in [3.8, 4) is 0 Å². The van der Waals surface area contributed by atoms with E-state index >= 15 is 0 Å². The minimum atomic E-state index is -0.584. The smallest absolute Gasteiger partial charge is 0.101 e. The molecular formula is C9H16FNO. The van der Waals surface area contributed by atoms with Gasteiger partial charge in [-0.3, -0.25) is 0 Å². The van der Waals surface area contributed by atoms with Crippen molar-refractivity contribution in [2.24, 2.45) is 16.6 Å². The van der Waals surface area contributed by atoms with Crippen molar-refractivity contribution in [3.05, 3.63) is 0 Å². The zero-order chi connectivity index (χ0) is 8.82. The highest BCUT2D eigenvalue weighted by atomic mass is 19.1. The Balaban J connectivity index is 1.90. The second-order valence-electron chi connectivity index (χ2n) is 4.72. The molecule has 0 aromatic rings. The highest BCUT2D eigenvalue weighted by Gasteiger charge is 2.59. The Kier molecular flexibility index (Phi) is 1.70. The summed E-state index contributed by atoms with van der Waals surface area (Å²) in [5.74, 6) is 0. The Labute approximate surface area is 71.9 Å². The fraction of sp³-hybridized carbons (Fsp3) is 1.00. The van der Waals surface area contributed by atoms with E-state index in [9.17, 15) is 4.39 Å². The van der Waals surface area contributed by atoms with Gasteiger partial charge in [0.05, 0.1) is 0 Å². The molecule has 12 heavy (non-hydrogen) atoms. The molecule has 2 aliphatic rings. The first kappa shape index (κ1) is 8.45. The summed E-state index contributed by atoms with van der Waals surface area (Å²) in [4.78, 5) is 0. The molecule has 0 unspecified atom stereocenters. The normalized spacial score (nSPS) is 51.8.